The van der Waals surface area contributed by atoms with E-state index in [2.05, 4.69) is 15.3 Å². The number of carbonyl (C=O) groups is 2. The van der Waals surface area contributed by atoms with Crippen LogP contribution in [-0.2, 0) is 16.1 Å². The van der Waals surface area contributed by atoms with Crippen LogP contribution < -0.4 is 26.1 Å². The number of pyridine rings is 2. The standard InChI is InChI=1S/C31H30N6O6.ClH/c1-19(42-28(38)16-32)18-36-20(2)29(31(40)37(36)21-7-5-4-6-8-21)30(39)35-27-12-10-23(17-34-27)43-26-13-14-33-25-15-22(41-3)9-11-24(25)26;/h4-15,17,19H,16,18,32H2,1-3H3,(H,34,35,39);1H. The number of amides is 1. The summed E-state index contributed by atoms with van der Waals surface area (Å²) >= 11 is 0. The highest BCUT2D eigenvalue weighted by atomic mass is 35.5. The lowest BCUT2D eigenvalue weighted by atomic mass is 10.2. The van der Waals surface area contributed by atoms with Crippen molar-refractivity contribution in [1.82, 2.24) is 19.3 Å². The molecule has 0 aliphatic carbocycles. The first-order chi connectivity index (χ1) is 20.8. The zero-order valence-electron chi connectivity index (χ0n) is 24.2. The van der Waals surface area contributed by atoms with Crippen LogP contribution in [0.3, 0.4) is 0 Å². The van der Waals surface area contributed by atoms with Crippen LogP contribution in [0.4, 0.5) is 5.82 Å². The van der Waals surface area contributed by atoms with Crippen LogP contribution in [-0.4, -0.2) is 51.0 Å². The van der Waals surface area contributed by atoms with Crippen LogP contribution in [0.25, 0.3) is 16.6 Å². The van der Waals surface area contributed by atoms with Gasteiger partial charge in [0.05, 0.1) is 43.3 Å². The third kappa shape index (κ3) is 6.72. The molecule has 0 bridgehead atoms. The molecule has 3 aromatic heterocycles. The highest BCUT2D eigenvalue weighted by Crippen LogP contribution is 2.30. The van der Waals surface area contributed by atoms with Crippen molar-refractivity contribution < 1.29 is 23.8 Å². The fourth-order valence-corrected chi connectivity index (χ4v) is 4.65. The second-order valence-electron chi connectivity index (χ2n) is 9.63. The number of nitrogens with two attached hydrogens (primary N) is 1. The van der Waals surface area contributed by atoms with Gasteiger partial charge in [-0.25, -0.2) is 9.67 Å². The van der Waals surface area contributed by atoms with Crippen molar-refractivity contribution in [3.8, 4) is 22.9 Å². The number of halogens is 1. The molecule has 3 heterocycles. The monoisotopic (exact) mass is 618 g/mol. The number of nitrogens with one attached hydrogen (secondary N) is 1. The smallest absolute Gasteiger partial charge is 0.320 e. The molecule has 5 aromatic rings. The molecule has 0 radical (unpaired) electrons. The van der Waals surface area contributed by atoms with E-state index in [1.165, 1.54) is 10.9 Å². The SMILES string of the molecule is COc1ccc2c(Oc3ccc(NC(=O)c4c(C)n(CC(C)OC(=O)CN)n(-c5ccccc5)c4=O)nc3)ccnc2c1.Cl. The Morgan fingerprint density at radius 1 is 1.02 bits per heavy atom. The van der Waals surface area contributed by atoms with Gasteiger partial charge in [-0.3, -0.25) is 24.0 Å². The van der Waals surface area contributed by atoms with E-state index >= 15 is 0 Å². The lowest BCUT2D eigenvalue weighted by molar-refractivity contribution is -0.147. The van der Waals surface area contributed by atoms with Gasteiger partial charge in [0.1, 0.15) is 34.7 Å². The highest BCUT2D eigenvalue weighted by Gasteiger charge is 2.25. The van der Waals surface area contributed by atoms with Crippen molar-refractivity contribution >= 4 is 41.0 Å². The number of para-hydroxylation sites is 1. The summed E-state index contributed by atoms with van der Waals surface area (Å²) in [7, 11) is 1.59. The maximum absolute atomic E-state index is 13.6. The molecule has 3 N–H and O–H groups in total. The molecule has 1 atom stereocenters. The zero-order chi connectivity index (χ0) is 30.5. The van der Waals surface area contributed by atoms with Gasteiger partial charge in [-0.2, -0.15) is 0 Å². The molecule has 0 spiro atoms. The number of fused-ring (bicyclic) bond motifs is 1. The largest absolute Gasteiger partial charge is 0.497 e. The number of benzene rings is 2. The van der Waals surface area contributed by atoms with Crippen LogP contribution in [0.1, 0.15) is 23.0 Å². The second-order valence-corrected chi connectivity index (χ2v) is 9.63. The molecule has 0 aliphatic heterocycles. The van der Waals surface area contributed by atoms with Crippen molar-refractivity contribution in [2.75, 3.05) is 19.0 Å². The van der Waals surface area contributed by atoms with E-state index in [4.69, 9.17) is 19.9 Å². The summed E-state index contributed by atoms with van der Waals surface area (Å²) in [6.07, 6.45) is 2.50. The number of methoxy groups -OCH3 is 1. The van der Waals surface area contributed by atoms with E-state index in [0.717, 1.165) is 5.39 Å². The Labute approximate surface area is 258 Å². The minimum atomic E-state index is -0.632. The molecule has 5 rings (SSSR count). The number of esters is 1. The quantitative estimate of drug-likeness (QED) is 0.219. The van der Waals surface area contributed by atoms with Gasteiger partial charge in [0, 0.05) is 17.6 Å². The summed E-state index contributed by atoms with van der Waals surface area (Å²) in [5.41, 5.74) is 6.43. The van der Waals surface area contributed by atoms with Gasteiger partial charge in [0.2, 0.25) is 0 Å². The number of aromatic nitrogens is 4. The predicted molar refractivity (Wildman–Crippen MR) is 167 cm³/mol. The molecule has 0 fully saturated rings. The maximum Gasteiger partial charge on any atom is 0.320 e. The van der Waals surface area contributed by atoms with Crippen molar-refractivity contribution in [3.63, 3.8) is 0 Å². The molecule has 2 aromatic carbocycles. The predicted octanol–water partition coefficient (Wildman–Crippen LogP) is 4.26. The summed E-state index contributed by atoms with van der Waals surface area (Å²) in [4.78, 5) is 47.4. The third-order valence-corrected chi connectivity index (χ3v) is 6.67. The number of rotatable bonds is 10. The Hall–Kier alpha value is -5.20. The maximum atomic E-state index is 13.6. The van der Waals surface area contributed by atoms with E-state index in [1.807, 2.05) is 24.3 Å². The van der Waals surface area contributed by atoms with Gasteiger partial charge in [0.15, 0.2) is 0 Å². The van der Waals surface area contributed by atoms with E-state index in [0.29, 0.717) is 34.1 Å². The molecule has 0 saturated carbocycles. The minimum absolute atomic E-state index is 0. The van der Waals surface area contributed by atoms with Crippen molar-refractivity contribution in [1.29, 1.82) is 0 Å². The molecular formula is C31H31ClN6O6. The third-order valence-electron chi connectivity index (χ3n) is 6.67. The molecule has 1 amide bonds. The van der Waals surface area contributed by atoms with Gasteiger partial charge in [0.25, 0.3) is 11.5 Å². The lowest BCUT2D eigenvalue weighted by Gasteiger charge is -2.18. The van der Waals surface area contributed by atoms with Gasteiger partial charge in [-0.1, -0.05) is 18.2 Å². The lowest BCUT2D eigenvalue weighted by Crippen LogP contribution is -2.30. The van der Waals surface area contributed by atoms with E-state index in [9.17, 15) is 14.4 Å². The average molecular weight is 619 g/mol. The fourth-order valence-electron chi connectivity index (χ4n) is 4.65. The molecule has 12 nitrogen and oxygen atoms in total. The number of nitrogens with zero attached hydrogens (tertiary/aromatic N) is 4. The molecule has 0 saturated heterocycles. The highest BCUT2D eigenvalue weighted by molar-refractivity contribution is 6.04. The Bertz CT molecular complexity index is 1840. The topological polar surface area (TPSA) is 153 Å². The van der Waals surface area contributed by atoms with Crippen LogP contribution in [0.15, 0.2) is 83.9 Å². The number of ether oxygens (including phenoxy) is 3. The molecule has 228 valence electrons. The Kier molecular flexibility index (Phi) is 9.99. The summed E-state index contributed by atoms with van der Waals surface area (Å²) in [5.74, 6) is 0.730. The van der Waals surface area contributed by atoms with Crippen LogP contribution in [0, 0.1) is 6.92 Å². The summed E-state index contributed by atoms with van der Waals surface area (Å²) in [6.45, 7) is 3.20. The fraction of sp³-hybridized carbons (Fsp3) is 0.194. The first kappa shape index (κ1) is 31.7. The van der Waals surface area contributed by atoms with Gasteiger partial charge >= 0.3 is 5.97 Å². The van der Waals surface area contributed by atoms with Crippen LogP contribution in [0.2, 0.25) is 0 Å². The zero-order valence-corrected chi connectivity index (χ0v) is 25.0. The van der Waals surface area contributed by atoms with Gasteiger partial charge in [-0.15, -0.1) is 12.4 Å². The molecule has 0 aliphatic rings. The van der Waals surface area contributed by atoms with Crippen molar-refractivity contribution in [2.45, 2.75) is 26.5 Å². The molecule has 44 heavy (non-hydrogen) atoms. The van der Waals surface area contributed by atoms with Crippen LogP contribution in [0.5, 0.6) is 17.2 Å². The summed E-state index contributed by atoms with van der Waals surface area (Å²) in [6, 6.07) is 19.4. The summed E-state index contributed by atoms with van der Waals surface area (Å²) in [5, 5.41) is 3.50. The van der Waals surface area contributed by atoms with Gasteiger partial charge < -0.3 is 25.3 Å². The number of hydrogen-bond acceptors (Lipinski definition) is 9. The molecule has 13 heteroatoms. The van der Waals surface area contributed by atoms with Crippen LogP contribution >= 0.6 is 12.4 Å². The Balaban J connectivity index is 0.00000442. The number of carbonyl (C=O) groups excluding carboxylic acids is 2. The van der Waals surface area contributed by atoms with E-state index < -0.39 is 23.5 Å². The normalized spacial score (nSPS) is 11.4. The Morgan fingerprint density at radius 2 is 1.77 bits per heavy atom. The van der Waals surface area contributed by atoms with Crippen molar-refractivity contribution in [2.24, 2.45) is 5.73 Å². The number of anilines is 1. The number of hydrogen-bond donors (Lipinski definition) is 2. The minimum Gasteiger partial charge on any atom is -0.497 e. The van der Waals surface area contributed by atoms with E-state index in [-0.39, 0.29) is 36.9 Å². The Morgan fingerprint density at radius 3 is 2.45 bits per heavy atom. The van der Waals surface area contributed by atoms with Gasteiger partial charge in [-0.05, 0) is 56.3 Å². The van der Waals surface area contributed by atoms with E-state index in [1.54, 1.807) is 74.3 Å². The first-order valence-electron chi connectivity index (χ1n) is 13.4. The first-order valence-corrected chi connectivity index (χ1v) is 13.4. The molecular weight excluding hydrogens is 588 g/mol. The average Bonchev–Trinajstić information content (AvgIpc) is 3.26. The molecule has 1 unspecified atom stereocenters. The summed E-state index contributed by atoms with van der Waals surface area (Å²) < 4.78 is 19.6. The van der Waals surface area contributed by atoms with Crippen molar-refractivity contribution in [3.05, 3.63) is 101 Å². The second kappa shape index (κ2) is 13.8.